The molecule has 25 heavy (non-hydrogen) atoms. The summed E-state index contributed by atoms with van der Waals surface area (Å²) in [6.45, 7) is 3.64. The van der Waals surface area contributed by atoms with E-state index in [9.17, 15) is 9.59 Å². The number of likely N-dealkylation sites (N-methyl/N-ethyl adjacent to an activating group) is 1. The second kappa shape index (κ2) is 9.06. The molecule has 0 saturated carbocycles. The molecule has 1 aromatic rings. The van der Waals surface area contributed by atoms with Crippen molar-refractivity contribution in [2.24, 2.45) is 0 Å². The van der Waals surface area contributed by atoms with Crippen LogP contribution in [0.1, 0.15) is 31.7 Å². The number of hydrogen-bond donors (Lipinski definition) is 1. The molecule has 0 bridgehead atoms. The molecule has 1 atom stereocenters. The van der Waals surface area contributed by atoms with Gasteiger partial charge in [0.15, 0.2) is 6.61 Å². The number of carbonyl (C=O) groups excluding carboxylic acids is 1. The number of ether oxygens (including phenoxy) is 1. The Morgan fingerprint density at radius 2 is 2.16 bits per heavy atom. The summed E-state index contributed by atoms with van der Waals surface area (Å²) >= 11 is 6.10. The standard InChI is InChI=1S/C18H25ClN2O4/c1-3-4-5-15-18(24)20(2)8-9-21(15)11-13-10-14(19)6-7-16(13)25-12-17(22)23/h6-7,10,15H,3-5,8-9,11-12H2,1-2H3,(H,22,23)/t15-/m1/s1. The summed E-state index contributed by atoms with van der Waals surface area (Å²) in [5, 5.41) is 9.39. The van der Waals surface area contributed by atoms with Crippen LogP contribution in [0.2, 0.25) is 5.02 Å². The van der Waals surface area contributed by atoms with Crippen molar-refractivity contribution in [1.29, 1.82) is 0 Å². The van der Waals surface area contributed by atoms with Crippen LogP contribution in [0.3, 0.4) is 0 Å². The van der Waals surface area contributed by atoms with Gasteiger partial charge in [-0.25, -0.2) is 4.79 Å². The zero-order chi connectivity index (χ0) is 18.4. The van der Waals surface area contributed by atoms with E-state index in [-0.39, 0.29) is 11.9 Å². The lowest BCUT2D eigenvalue weighted by molar-refractivity contribution is -0.141. The minimum absolute atomic E-state index is 0.134. The van der Waals surface area contributed by atoms with Gasteiger partial charge in [0, 0.05) is 37.3 Å². The number of unbranched alkanes of at least 4 members (excludes halogenated alkanes) is 1. The molecule has 7 heteroatoms. The summed E-state index contributed by atoms with van der Waals surface area (Å²) in [6.07, 6.45) is 2.83. The van der Waals surface area contributed by atoms with E-state index in [1.807, 2.05) is 7.05 Å². The van der Waals surface area contributed by atoms with Crippen molar-refractivity contribution in [1.82, 2.24) is 9.80 Å². The number of carboxylic acids is 1. The number of halogens is 1. The van der Waals surface area contributed by atoms with Crippen molar-refractivity contribution in [3.05, 3.63) is 28.8 Å². The third-order valence-electron chi connectivity index (χ3n) is 4.40. The lowest BCUT2D eigenvalue weighted by Gasteiger charge is -2.39. The number of benzene rings is 1. The number of nitrogens with zero attached hydrogens (tertiary/aromatic N) is 2. The van der Waals surface area contributed by atoms with Gasteiger partial charge in [0.25, 0.3) is 0 Å². The van der Waals surface area contributed by atoms with Crippen LogP contribution in [0, 0.1) is 0 Å². The van der Waals surface area contributed by atoms with E-state index in [1.54, 1.807) is 23.1 Å². The van der Waals surface area contributed by atoms with Crippen molar-refractivity contribution in [2.75, 3.05) is 26.7 Å². The molecule has 0 spiro atoms. The summed E-state index contributed by atoms with van der Waals surface area (Å²) in [7, 11) is 1.83. The quantitative estimate of drug-likeness (QED) is 0.763. The molecule has 1 amide bonds. The Balaban J connectivity index is 2.19. The van der Waals surface area contributed by atoms with Gasteiger partial charge in [0.1, 0.15) is 5.75 Å². The lowest BCUT2D eigenvalue weighted by Crippen LogP contribution is -2.55. The fourth-order valence-electron chi connectivity index (χ4n) is 3.02. The third-order valence-corrected chi connectivity index (χ3v) is 4.64. The van der Waals surface area contributed by atoms with Gasteiger partial charge in [0.2, 0.25) is 5.91 Å². The highest BCUT2D eigenvalue weighted by atomic mass is 35.5. The summed E-state index contributed by atoms with van der Waals surface area (Å²) in [5.41, 5.74) is 0.799. The first-order chi connectivity index (χ1) is 11.9. The molecule has 1 aromatic carbocycles. The van der Waals surface area contributed by atoms with Crippen LogP contribution in [0.4, 0.5) is 0 Å². The van der Waals surface area contributed by atoms with Crippen LogP contribution in [-0.4, -0.2) is 59.6 Å². The average Bonchev–Trinajstić information content (AvgIpc) is 2.57. The molecule has 1 saturated heterocycles. The molecule has 0 aliphatic carbocycles. The van der Waals surface area contributed by atoms with Gasteiger partial charge in [-0.1, -0.05) is 31.4 Å². The molecular weight excluding hydrogens is 344 g/mol. The maximum absolute atomic E-state index is 12.5. The first-order valence-corrected chi connectivity index (χ1v) is 8.92. The van der Waals surface area contributed by atoms with E-state index in [1.165, 1.54) is 0 Å². The van der Waals surface area contributed by atoms with E-state index >= 15 is 0 Å². The molecule has 6 nitrogen and oxygen atoms in total. The molecule has 1 N–H and O–H groups in total. The van der Waals surface area contributed by atoms with Crippen LogP contribution in [0.5, 0.6) is 5.75 Å². The van der Waals surface area contributed by atoms with Crippen molar-refractivity contribution in [3.63, 3.8) is 0 Å². The normalized spacial score (nSPS) is 18.4. The Hall–Kier alpha value is -1.79. The van der Waals surface area contributed by atoms with Gasteiger partial charge in [-0.05, 0) is 24.6 Å². The summed E-state index contributed by atoms with van der Waals surface area (Å²) in [5.74, 6) is -0.404. The minimum Gasteiger partial charge on any atom is -0.482 e. The number of hydrogen-bond acceptors (Lipinski definition) is 4. The van der Waals surface area contributed by atoms with E-state index in [0.29, 0.717) is 23.9 Å². The number of rotatable bonds is 8. The highest BCUT2D eigenvalue weighted by Gasteiger charge is 2.32. The smallest absolute Gasteiger partial charge is 0.341 e. The molecule has 1 aliphatic rings. The molecule has 0 radical (unpaired) electrons. The molecule has 1 heterocycles. The van der Waals surface area contributed by atoms with Crippen molar-refractivity contribution in [3.8, 4) is 5.75 Å². The zero-order valence-corrected chi connectivity index (χ0v) is 15.5. The van der Waals surface area contributed by atoms with Gasteiger partial charge < -0.3 is 14.7 Å². The Labute approximate surface area is 153 Å². The molecule has 2 rings (SSSR count). The molecule has 0 aromatic heterocycles. The number of amides is 1. The zero-order valence-electron chi connectivity index (χ0n) is 14.7. The number of carboxylic acid groups (broad SMARTS) is 1. The Morgan fingerprint density at radius 3 is 2.84 bits per heavy atom. The lowest BCUT2D eigenvalue weighted by atomic mass is 10.0. The topological polar surface area (TPSA) is 70.1 Å². The van der Waals surface area contributed by atoms with E-state index in [4.69, 9.17) is 21.4 Å². The van der Waals surface area contributed by atoms with E-state index < -0.39 is 12.6 Å². The SMILES string of the molecule is CCCC[C@@H]1C(=O)N(C)CCN1Cc1cc(Cl)ccc1OCC(=O)O. The van der Waals surface area contributed by atoms with E-state index in [2.05, 4.69) is 11.8 Å². The minimum atomic E-state index is -1.03. The molecular formula is C18H25ClN2O4. The third kappa shape index (κ3) is 5.34. The van der Waals surface area contributed by atoms with Gasteiger partial charge >= 0.3 is 5.97 Å². The first kappa shape index (κ1) is 19.5. The Kier molecular flexibility index (Phi) is 7.08. The van der Waals surface area contributed by atoms with Crippen LogP contribution in [0.25, 0.3) is 0 Å². The fraction of sp³-hybridized carbons (Fsp3) is 0.556. The Bertz CT molecular complexity index is 623. The second-order valence-corrected chi connectivity index (χ2v) is 6.76. The monoisotopic (exact) mass is 368 g/mol. The molecule has 1 aliphatic heterocycles. The number of piperazine rings is 1. The predicted octanol–water partition coefficient (Wildman–Crippen LogP) is 2.64. The first-order valence-electron chi connectivity index (χ1n) is 8.54. The van der Waals surface area contributed by atoms with Gasteiger partial charge in [0.05, 0.1) is 6.04 Å². The summed E-state index contributed by atoms with van der Waals surface area (Å²) < 4.78 is 5.38. The van der Waals surface area contributed by atoms with Crippen LogP contribution in [-0.2, 0) is 16.1 Å². The summed E-state index contributed by atoms with van der Waals surface area (Å²) in [6, 6.07) is 4.97. The Morgan fingerprint density at radius 1 is 1.40 bits per heavy atom. The maximum Gasteiger partial charge on any atom is 0.341 e. The van der Waals surface area contributed by atoms with Gasteiger partial charge in [-0.15, -0.1) is 0 Å². The van der Waals surface area contributed by atoms with Crippen LogP contribution >= 0.6 is 11.6 Å². The second-order valence-electron chi connectivity index (χ2n) is 6.32. The maximum atomic E-state index is 12.5. The predicted molar refractivity (Wildman–Crippen MR) is 95.9 cm³/mol. The summed E-state index contributed by atoms with van der Waals surface area (Å²) in [4.78, 5) is 27.2. The van der Waals surface area contributed by atoms with Gasteiger partial charge in [-0.2, -0.15) is 0 Å². The van der Waals surface area contributed by atoms with Crippen molar-refractivity contribution < 1.29 is 19.4 Å². The molecule has 138 valence electrons. The van der Waals surface area contributed by atoms with Crippen LogP contribution < -0.4 is 4.74 Å². The van der Waals surface area contributed by atoms with Crippen LogP contribution in [0.15, 0.2) is 18.2 Å². The van der Waals surface area contributed by atoms with Crippen molar-refractivity contribution in [2.45, 2.75) is 38.8 Å². The largest absolute Gasteiger partial charge is 0.482 e. The highest BCUT2D eigenvalue weighted by molar-refractivity contribution is 6.30. The number of aliphatic carboxylic acids is 1. The molecule has 0 unspecified atom stereocenters. The van der Waals surface area contributed by atoms with Crippen molar-refractivity contribution >= 4 is 23.5 Å². The number of carbonyl (C=O) groups is 2. The highest BCUT2D eigenvalue weighted by Crippen LogP contribution is 2.27. The van der Waals surface area contributed by atoms with E-state index in [0.717, 1.165) is 31.4 Å². The average molecular weight is 369 g/mol. The van der Waals surface area contributed by atoms with Gasteiger partial charge in [-0.3, -0.25) is 9.69 Å². The molecule has 1 fully saturated rings. The fourth-order valence-corrected chi connectivity index (χ4v) is 3.21.